The van der Waals surface area contributed by atoms with Crippen molar-refractivity contribution in [3.05, 3.63) is 81.3 Å². The normalized spacial score (nSPS) is 10.6. The van der Waals surface area contributed by atoms with Gasteiger partial charge < -0.3 is 0 Å². The van der Waals surface area contributed by atoms with E-state index in [1.54, 1.807) is 30.3 Å². The second kappa shape index (κ2) is 6.61. The van der Waals surface area contributed by atoms with E-state index in [9.17, 15) is 9.59 Å². The number of hydrazine groups is 1. The summed E-state index contributed by atoms with van der Waals surface area (Å²) in [6, 6.07) is 15.2. The Morgan fingerprint density at radius 3 is 2.33 bits per heavy atom. The van der Waals surface area contributed by atoms with Crippen LogP contribution in [0.3, 0.4) is 0 Å². The van der Waals surface area contributed by atoms with Crippen LogP contribution in [0.2, 0.25) is 10.0 Å². The van der Waals surface area contributed by atoms with Crippen molar-refractivity contribution in [2.75, 3.05) is 0 Å². The van der Waals surface area contributed by atoms with Crippen LogP contribution in [0.4, 0.5) is 0 Å². The molecule has 0 aliphatic carbocycles. The summed E-state index contributed by atoms with van der Waals surface area (Å²) in [4.78, 5) is 25.2. The molecule has 3 aromatic rings. The molecule has 0 bridgehead atoms. The average Bonchev–Trinajstić information content (AvgIpc) is 2.59. The maximum absolute atomic E-state index is 12.9. The number of rotatable bonds is 3. The van der Waals surface area contributed by atoms with E-state index >= 15 is 0 Å². The van der Waals surface area contributed by atoms with Crippen LogP contribution >= 0.6 is 23.2 Å². The smallest absolute Gasteiger partial charge is 0.266 e. The third-order valence-corrected chi connectivity index (χ3v) is 4.26. The van der Waals surface area contributed by atoms with E-state index < -0.39 is 5.91 Å². The van der Waals surface area contributed by atoms with Crippen molar-refractivity contribution in [2.45, 2.75) is 0 Å². The zero-order valence-electron chi connectivity index (χ0n) is 12.3. The number of hydrogen-bond donors (Lipinski definition) is 2. The Bertz CT molecular complexity index is 970. The maximum atomic E-state index is 12.9. The van der Waals surface area contributed by atoms with Crippen molar-refractivity contribution in [3.63, 3.8) is 0 Å². The van der Waals surface area contributed by atoms with E-state index in [0.717, 1.165) is 5.39 Å². The molecule has 0 spiro atoms. The Hall–Kier alpha value is -2.40. The number of halogens is 2. The lowest BCUT2D eigenvalue weighted by Gasteiger charge is -2.12. The molecule has 4 nitrogen and oxygen atoms in total. The minimum atomic E-state index is -0.541. The van der Waals surface area contributed by atoms with Gasteiger partial charge in [-0.2, -0.15) is 0 Å². The number of carbonyl (C=O) groups is 2. The fourth-order valence-corrected chi connectivity index (χ4v) is 3.09. The molecular formula is C18H12Cl2N2O2. The second-order valence-corrected chi connectivity index (χ2v) is 5.98. The van der Waals surface area contributed by atoms with E-state index in [1.165, 1.54) is 12.1 Å². The first-order valence-electron chi connectivity index (χ1n) is 7.05. The van der Waals surface area contributed by atoms with Gasteiger partial charge in [0.05, 0.1) is 10.6 Å². The van der Waals surface area contributed by atoms with Crippen molar-refractivity contribution in [3.8, 4) is 0 Å². The van der Waals surface area contributed by atoms with Crippen molar-refractivity contribution >= 4 is 45.7 Å². The highest BCUT2D eigenvalue weighted by atomic mass is 35.5. The van der Waals surface area contributed by atoms with Gasteiger partial charge in [-0.15, -0.1) is 0 Å². The van der Waals surface area contributed by atoms with Gasteiger partial charge in [0.2, 0.25) is 0 Å². The van der Waals surface area contributed by atoms with E-state index in [4.69, 9.17) is 29.0 Å². The fourth-order valence-electron chi connectivity index (χ4n) is 2.60. The molecule has 120 valence electrons. The largest absolute Gasteiger partial charge is 0.290 e. The molecule has 0 radical (unpaired) electrons. The van der Waals surface area contributed by atoms with Crippen molar-refractivity contribution < 1.29 is 9.59 Å². The molecule has 24 heavy (non-hydrogen) atoms. The van der Waals surface area contributed by atoms with Gasteiger partial charge in [-0.3, -0.25) is 15.0 Å². The predicted octanol–water partition coefficient (Wildman–Crippen LogP) is 3.98. The SMILES string of the molecule is NNC(=O)c1c(C(=O)c2ccc(Cl)cc2Cl)ccc2ccccc12. The van der Waals surface area contributed by atoms with Gasteiger partial charge in [0.15, 0.2) is 5.78 Å². The zero-order chi connectivity index (χ0) is 17.3. The molecule has 0 heterocycles. The van der Waals surface area contributed by atoms with Crippen LogP contribution in [-0.2, 0) is 0 Å². The molecule has 6 heteroatoms. The number of benzene rings is 3. The van der Waals surface area contributed by atoms with Crippen LogP contribution in [0.15, 0.2) is 54.6 Å². The van der Waals surface area contributed by atoms with Crippen LogP contribution in [0.5, 0.6) is 0 Å². The average molecular weight is 359 g/mol. The predicted molar refractivity (Wildman–Crippen MR) is 95.5 cm³/mol. The minimum absolute atomic E-state index is 0.214. The number of nitrogen functional groups attached to an aromatic ring is 1. The third kappa shape index (κ3) is 2.87. The number of hydrogen-bond acceptors (Lipinski definition) is 3. The summed E-state index contributed by atoms with van der Waals surface area (Å²) in [7, 11) is 0. The van der Waals surface area contributed by atoms with Crippen LogP contribution in [0.1, 0.15) is 26.3 Å². The highest BCUT2D eigenvalue weighted by Crippen LogP contribution is 2.28. The number of ketones is 1. The number of nitrogens with one attached hydrogen (secondary N) is 1. The standard InChI is InChI=1S/C18H12Cl2N2O2/c19-11-6-8-13(15(20)9-11)17(23)14-7-5-10-3-1-2-4-12(10)16(14)18(24)22-21/h1-9H,21H2,(H,22,24). The number of carbonyl (C=O) groups excluding carboxylic acids is 2. The topological polar surface area (TPSA) is 72.2 Å². The maximum Gasteiger partial charge on any atom is 0.266 e. The lowest BCUT2D eigenvalue weighted by molar-refractivity contribution is 0.0944. The molecule has 0 unspecified atom stereocenters. The summed E-state index contributed by atoms with van der Waals surface area (Å²) in [5.41, 5.74) is 2.80. The Balaban J connectivity index is 2.25. The second-order valence-electron chi connectivity index (χ2n) is 5.14. The molecule has 0 aliphatic rings. The zero-order valence-corrected chi connectivity index (χ0v) is 13.9. The Morgan fingerprint density at radius 2 is 1.62 bits per heavy atom. The van der Waals surface area contributed by atoms with Crippen LogP contribution < -0.4 is 11.3 Å². The monoisotopic (exact) mass is 358 g/mol. The molecule has 0 saturated carbocycles. The molecule has 0 atom stereocenters. The number of fused-ring (bicyclic) bond motifs is 1. The quantitative estimate of drug-likeness (QED) is 0.322. The van der Waals surface area contributed by atoms with Crippen LogP contribution in [0, 0.1) is 0 Å². The molecule has 0 saturated heterocycles. The first-order chi connectivity index (χ1) is 11.5. The van der Waals surface area contributed by atoms with Crippen LogP contribution in [-0.4, -0.2) is 11.7 Å². The summed E-state index contributed by atoms with van der Waals surface area (Å²) in [6.45, 7) is 0. The van der Waals surface area contributed by atoms with Gasteiger partial charge in [0.1, 0.15) is 0 Å². The summed E-state index contributed by atoms with van der Waals surface area (Å²) >= 11 is 12.0. The molecule has 3 aromatic carbocycles. The molecule has 1 amide bonds. The fraction of sp³-hybridized carbons (Fsp3) is 0. The van der Waals surface area contributed by atoms with Gasteiger partial charge in [0.25, 0.3) is 5.91 Å². The summed E-state index contributed by atoms with van der Waals surface area (Å²) in [6.07, 6.45) is 0. The molecule has 0 aromatic heterocycles. The Morgan fingerprint density at radius 1 is 0.917 bits per heavy atom. The third-order valence-electron chi connectivity index (χ3n) is 3.71. The first-order valence-corrected chi connectivity index (χ1v) is 7.81. The van der Waals surface area contributed by atoms with Gasteiger partial charge in [-0.1, -0.05) is 53.5 Å². The summed E-state index contributed by atoms with van der Waals surface area (Å²) < 4.78 is 0. The van der Waals surface area contributed by atoms with E-state index in [-0.39, 0.29) is 27.5 Å². The Kier molecular flexibility index (Phi) is 4.53. The molecular weight excluding hydrogens is 347 g/mol. The lowest BCUT2D eigenvalue weighted by Crippen LogP contribution is -2.31. The van der Waals surface area contributed by atoms with Crippen molar-refractivity contribution in [1.29, 1.82) is 0 Å². The summed E-state index contributed by atoms with van der Waals surface area (Å²) in [5.74, 6) is 4.38. The van der Waals surface area contributed by atoms with Crippen molar-refractivity contribution in [1.82, 2.24) is 5.43 Å². The lowest BCUT2D eigenvalue weighted by atomic mass is 9.93. The molecule has 0 aliphatic heterocycles. The van der Waals surface area contributed by atoms with E-state index in [1.807, 2.05) is 12.1 Å². The number of amides is 1. The van der Waals surface area contributed by atoms with Gasteiger partial charge in [0, 0.05) is 16.1 Å². The van der Waals surface area contributed by atoms with Gasteiger partial charge in [-0.05, 0) is 35.0 Å². The van der Waals surface area contributed by atoms with E-state index in [0.29, 0.717) is 10.4 Å². The molecule has 0 fully saturated rings. The van der Waals surface area contributed by atoms with Crippen molar-refractivity contribution in [2.24, 2.45) is 5.84 Å². The van der Waals surface area contributed by atoms with Gasteiger partial charge in [-0.25, -0.2) is 5.84 Å². The summed E-state index contributed by atoms with van der Waals surface area (Å²) in [5, 5.41) is 2.11. The number of nitrogens with two attached hydrogens (primary N) is 1. The highest BCUT2D eigenvalue weighted by molar-refractivity contribution is 6.38. The first kappa shape index (κ1) is 16.5. The van der Waals surface area contributed by atoms with Crippen LogP contribution in [0.25, 0.3) is 10.8 Å². The van der Waals surface area contributed by atoms with Gasteiger partial charge >= 0.3 is 0 Å². The minimum Gasteiger partial charge on any atom is -0.290 e. The van der Waals surface area contributed by atoms with E-state index in [2.05, 4.69) is 5.43 Å². The Labute approximate surface area is 148 Å². The highest BCUT2D eigenvalue weighted by Gasteiger charge is 2.22. The molecule has 3 rings (SSSR count). The molecule has 3 N–H and O–H groups in total.